The fourth-order valence-corrected chi connectivity index (χ4v) is 4.93. The fraction of sp³-hybridized carbons (Fsp3) is 0.571. The van der Waals surface area contributed by atoms with Gasteiger partial charge in [0.25, 0.3) is 0 Å². The maximum Gasteiger partial charge on any atom is 0.241 e. The highest BCUT2D eigenvalue weighted by atomic mass is 32.2. The maximum atomic E-state index is 12.5. The van der Waals surface area contributed by atoms with Crippen molar-refractivity contribution in [3.63, 3.8) is 0 Å². The zero-order valence-corrected chi connectivity index (χ0v) is 13.3. The van der Waals surface area contributed by atoms with Crippen LogP contribution in [0.1, 0.15) is 31.2 Å². The molecule has 1 aliphatic rings. The van der Waals surface area contributed by atoms with E-state index in [1.165, 1.54) is 0 Å². The summed E-state index contributed by atoms with van der Waals surface area (Å²) in [5.41, 5.74) is 6.29. The number of sulfonamides is 1. The molecule has 1 saturated carbocycles. The van der Waals surface area contributed by atoms with Gasteiger partial charge in [0.2, 0.25) is 10.0 Å². The van der Waals surface area contributed by atoms with Crippen LogP contribution >= 0.6 is 11.8 Å². The minimum Gasteiger partial charge on any atom is -0.326 e. The van der Waals surface area contributed by atoms with Gasteiger partial charge >= 0.3 is 0 Å². The van der Waals surface area contributed by atoms with Crippen LogP contribution in [0.5, 0.6) is 0 Å². The summed E-state index contributed by atoms with van der Waals surface area (Å²) in [6, 6.07) is 6.98. The topological polar surface area (TPSA) is 72.2 Å². The molecule has 0 saturated heterocycles. The highest BCUT2D eigenvalue weighted by Gasteiger charge is 2.26. The number of benzene rings is 1. The molecule has 6 heteroatoms. The Bertz CT molecular complexity index is 538. The molecule has 0 heterocycles. The third-order valence-electron chi connectivity index (χ3n) is 3.81. The predicted octanol–water partition coefficient (Wildman–Crippen LogP) is 2.10. The second-order valence-electron chi connectivity index (χ2n) is 5.14. The Morgan fingerprint density at radius 3 is 2.50 bits per heavy atom. The molecule has 1 aliphatic carbocycles. The van der Waals surface area contributed by atoms with Crippen LogP contribution in [-0.4, -0.2) is 26.0 Å². The van der Waals surface area contributed by atoms with Crippen LogP contribution in [0.2, 0.25) is 0 Å². The molecule has 20 heavy (non-hydrogen) atoms. The lowest BCUT2D eigenvalue weighted by Crippen LogP contribution is -2.38. The van der Waals surface area contributed by atoms with Crippen molar-refractivity contribution in [2.45, 2.75) is 48.4 Å². The molecule has 0 radical (unpaired) electrons. The van der Waals surface area contributed by atoms with Crippen LogP contribution in [0.25, 0.3) is 0 Å². The summed E-state index contributed by atoms with van der Waals surface area (Å²) in [6.45, 7) is 0.232. The monoisotopic (exact) mass is 314 g/mol. The summed E-state index contributed by atoms with van der Waals surface area (Å²) < 4.78 is 27.8. The number of hydrogen-bond acceptors (Lipinski definition) is 4. The molecule has 112 valence electrons. The Balaban J connectivity index is 2.08. The largest absolute Gasteiger partial charge is 0.326 e. The minimum atomic E-state index is -3.46. The lowest BCUT2D eigenvalue weighted by atomic mass is 9.96. The highest BCUT2D eigenvalue weighted by Crippen LogP contribution is 2.28. The number of rotatable bonds is 5. The van der Waals surface area contributed by atoms with E-state index in [0.717, 1.165) is 25.7 Å². The SMILES string of the molecule is CSC1CCC(NS(=O)(=O)c2ccccc2CN)CC1. The number of thioether (sulfide) groups is 1. The van der Waals surface area contributed by atoms with Crippen LogP contribution in [0.15, 0.2) is 29.2 Å². The van der Waals surface area contributed by atoms with E-state index < -0.39 is 10.0 Å². The van der Waals surface area contributed by atoms with Crippen molar-refractivity contribution in [1.82, 2.24) is 4.72 Å². The van der Waals surface area contributed by atoms with Crippen molar-refractivity contribution in [1.29, 1.82) is 0 Å². The molecule has 0 aliphatic heterocycles. The van der Waals surface area contributed by atoms with Crippen LogP contribution in [0.4, 0.5) is 0 Å². The van der Waals surface area contributed by atoms with Gasteiger partial charge < -0.3 is 5.73 Å². The van der Waals surface area contributed by atoms with Crippen molar-refractivity contribution >= 4 is 21.8 Å². The van der Waals surface area contributed by atoms with Crippen molar-refractivity contribution < 1.29 is 8.42 Å². The third kappa shape index (κ3) is 3.75. The molecular weight excluding hydrogens is 292 g/mol. The second kappa shape index (κ2) is 6.93. The summed E-state index contributed by atoms with van der Waals surface area (Å²) in [5, 5.41) is 0.673. The molecule has 1 aromatic rings. The summed E-state index contributed by atoms with van der Waals surface area (Å²) in [5.74, 6) is 0. The first-order chi connectivity index (χ1) is 9.56. The Kier molecular flexibility index (Phi) is 5.49. The Hall–Kier alpha value is -0.560. The molecule has 2 rings (SSSR count). The molecule has 0 amide bonds. The van der Waals surface area contributed by atoms with E-state index in [1.807, 2.05) is 17.8 Å². The van der Waals surface area contributed by atoms with Crippen molar-refractivity contribution in [2.24, 2.45) is 5.73 Å². The summed E-state index contributed by atoms with van der Waals surface area (Å²) >= 11 is 1.87. The summed E-state index contributed by atoms with van der Waals surface area (Å²) in [4.78, 5) is 0.314. The molecule has 1 aromatic carbocycles. The number of nitrogens with one attached hydrogen (secondary N) is 1. The van der Waals surface area contributed by atoms with Crippen LogP contribution < -0.4 is 10.5 Å². The van der Waals surface area contributed by atoms with Crippen LogP contribution in [-0.2, 0) is 16.6 Å². The predicted molar refractivity (Wildman–Crippen MR) is 84.2 cm³/mol. The van der Waals surface area contributed by atoms with Gasteiger partial charge in [0, 0.05) is 17.8 Å². The van der Waals surface area contributed by atoms with Crippen LogP contribution in [0, 0.1) is 0 Å². The van der Waals surface area contributed by atoms with E-state index >= 15 is 0 Å². The Morgan fingerprint density at radius 1 is 1.25 bits per heavy atom. The Labute approximate surface area is 125 Å². The molecular formula is C14H22N2O2S2. The van der Waals surface area contributed by atoms with Gasteiger partial charge in [-0.2, -0.15) is 11.8 Å². The molecule has 4 nitrogen and oxygen atoms in total. The molecule has 0 spiro atoms. The summed E-state index contributed by atoms with van der Waals surface area (Å²) in [7, 11) is -3.46. The van der Waals surface area contributed by atoms with E-state index in [9.17, 15) is 8.42 Å². The number of nitrogens with two attached hydrogens (primary N) is 1. The van der Waals surface area contributed by atoms with Gasteiger partial charge in [-0.1, -0.05) is 18.2 Å². The van der Waals surface area contributed by atoms with Crippen molar-refractivity contribution in [2.75, 3.05) is 6.26 Å². The van der Waals surface area contributed by atoms with Gasteiger partial charge in [-0.25, -0.2) is 13.1 Å². The molecule has 0 bridgehead atoms. The molecule has 0 atom stereocenters. The number of hydrogen-bond donors (Lipinski definition) is 2. The maximum absolute atomic E-state index is 12.5. The van der Waals surface area contributed by atoms with Gasteiger partial charge in [-0.3, -0.25) is 0 Å². The van der Waals surface area contributed by atoms with E-state index in [-0.39, 0.29) is 12.6 Å². The molecule has 0 aromatic heterocycles. The van der Waals surface area contributed by atoms with Gasteiger partial charge in [0.1, 0.15) is 0 Å². The zero-order valence-electron chi connectivity index (χ0n) is 11.7. The van der Waals surface area contributed by atoms with E-state index in [2.05, 4.69) is 11.0 Å². The van der Waals surface area contributed by atoms with Crippen molar-refractivity contribution in [3.05, 3.63) is 29.8 Å². The highest BCUT2D eigenvalue weighted by molar-refractivity contribution is 7.99. The zero-order chi connectivity index (χ0) is 14.6. The normalized spacial score (nSPS) is 23.7. The third-order valence-corrected chi connectivity index (χ3v) is 6.57. The standard InChI is InChI=1S/C14H22N2O2S2/c1-19-13-8-6-12(7-9-13)16-20(17,18)14-5-3-2-4-11(14)10-15/h2-5,12-13,16H,6-10,15H2,1H3. The quantitative estimate of drug-likeness (QED) is 0.873. The van der Waals surface area contributed by atoms with Gasteiger partial charge in [-0.15, -0.1) is 0 Å². The molecule has 3 N–H and O–H groups in total. The first-order valence-corrected chi connectivity index (χ1v) is 9.67. The first kappa shape index (κ1) is 15.8. The fourth-order valence-electron chi connectivity index (χ4n) is 2.63. The lowest BCUT2D eigenvalue weighted by Gasteiger charge is -2.28. The summed E-state index contributed by atoms with van der Waals surface area (Å²) in [6.07, 6.45) is 6.09. The van der Waals surface area contributed by atoms with Crippen LogP contribution in [0.3, 0.4) is 0 Å². The van der Waals surface area contributed by atoms with Gasteiger partial charge in [0.05, 0.1) is 4.90 Å². The molecule has 1 fully saturated rings. The van der Waals surface area contributed by atoms with E-state index in [0.29, 0.717) is 15.7 Å². The molecule has 0 unspecified atom stereocenters. The van der Waals surface area contributed by atoms with Gasteiger partial charge in [-0.05, 0) is 43.6 Å². The first-order valence-electron chi connectivity index (χ1n) is 6.90. The van der Waals surface area contributed by atoms with E-state index in [4.69, 9.17) is 5.73 Å². The average molecular weight is 314 g/mol. The smallest absolute Gasteiger partial charge is 0.241 e. The van der Waals surface area contributed by atoms with Crippen molar-refractivity contribution in [3.8, 4) is 0 Å². The second-order valence-corrected chi connectivity index (χ2v) is 7.96. The van der Waals surface area contributed by atoms with Gasteiger partial charge in [0.15, 0.2) is 0 Å². The average Bonchev–Trinajstić information content (AvgIpc) is 2.47. The van der Waals surface area contributed by atoms with E-state index in [1.54, 1.807) is 18.2 Å². The minimum absolute atomic E-state index is 0.0502. The Morgan fingerprint density at radius 2 is 1.90 bits per heavy atom. The lowest BCUT2D eigenvalue weighted by molar-refractivity contribution is 0.420.